The van der Waals surface area contributed by atoms with E-state index in [0.717, 1.165) is 0 Å². The van der Waals surface area contributed by atoms with Gasteiger partial charge >= 0.3 is 35.5 Å². The van der Waals surface area contributed by atoms with Crippen LogP contribution in [0.4, 0.5) is 11.4 Å². The van der Waals surface area contributed by atoms with Crippen LogP contribution in [0.1, 0.15) is 0 Å². The van der Waals surface area contributed by atoms with Gasteiger partial charge in [0.25, 0.3) is 0 Å². The molecule has 106 valence electrons. The minimum absolute atomic E-state index is 0. The molecule has 0 amide bonds. The number of nitrogens with zero attached hydrogens (tertiary/aromatic N) is 4. The zero-order valence-electron chi connectivity index (χ0n) is 11.0. The molecule has 0 unspecified atom stereocenters. The van der Waals surface area contributed by atoms with Gasteiger partial charge in [-0.05, 0) is 24.3 Å². The first-order chi connectivity index (χ1) is 9.47. The maximum atomic E-state index is 10.5. The molecular weight excluding hydrogens is 295 g/mol. The molecule has 0 atom stereocenters. The number of nitroso groups, excluding NO2 is 2. The van der Waals surface area contributed by atoms with E-state index < -0.39 is 25.0 Å². The standard InChI is InChI=1S/C10H10N4O6.Na/c15-9(16)5-13(11-19)7-1-2-8(4-3-7)14(12-20)6-10(17)18;/h1-4H,5-6H2,(H,15,16)(H,17,18);/q;+1/p-1. The van der Waals surface area contributed by atoms with E-state index in [1.54, 1.807) is 0 Å². The number of hydrogen-bond acceptors (Lipinski definition) is 7. The van der Waals surface area contributed by atoms with Crippen molar-refractivity contribution in [2.24, 2.45) is 10.6 Å². The summed E-state index contributed by atoms with van der Waals surface area (Å²) < 4.78 is 0. The van der Waals surface area contributed by atoms with Crippen LogP contribution in [0, 0.1) is 9.81 Å². The van der Waals surface area contributed by atoms with E-state index in [1.807, 2.05) is 0 Å². The molecule has 0 radical (unpaired) electrons. The van der Waals surface area contributed by atoms with E-state index in [0.29, 0.717) is 10.0 Å². The van der Waals surface area contributed by atoms with Crippen LogP contribution < -0.4 is 44.7 Å². The SMILES string of the molecule is O=NN(CC(=O)[O-])c1ccc(N(CC(=O)O)N=O)cc1.[Na+]. The van der Waals surface area contributed by atoms with Gasteiger partial charge in [-0.1, -0.05) is 0 Å². The Kier molecular flexibility index (Phi) is 8.12. The Labute approximate surface area is 140 Å². The molecule has 1 aromatic rings. The fourth-order valence-corrected chi connectivity index (χ4v) is 1.38. The fourth-order valence-electron chi connectivity index (χ4n) is 1.38. The quantitative estimate of drug-likeness (QED) is 0.296. The van der Waals surface area contributed by atoms with E-state index in [4.69, 9.17) is 5.11 Å². The first kappa shape index (κ1) is 19.0. The number of benzene rings is 1. The summed E-state index contributed by atoms with van der Waals surface area (Å²) in [7, 11) is 0. The van der Waals surface area contributed by atoms with Gasteiger partial charge in [-0.3, -0.25) is 4.79 Å². The van der Waals surface area contributed by atoms with Crippen molar-refractivity contribution >= 4 is 23.3 Å². The van der Waals surface area contributed by atoms with Crippen molar-refractivity contribution in [3.8, 4) is 0 Å². The van der Waals surface area contributed by atoms with Gasteiger partial charge in [0, 0.05) is 0 Å². The van der Waals surface area contributed by atoms with Gasteiger partial charge < -0.3 is 15.0 Å². The topological polar surface area (TPSA) is 143 Å². The predicted octanol–water partition coefficient (Wildman–Crippen LogP) is -3.50. The zero-order valence-corrected chi connectivity index (χ0v) is 13.0. The summed E-state index contributed by atoms with van der Waals surface area (Å²) in [5.41, 5.74) is 0.319. The van der Waals surface area contributed by atoms with Crippen molar-refractivity contribution in [1.82, 2.24) is 0 Å². The van der Waals surface area contributed by atoms with Gasteiger partial charge in [0.05, 0.1) is 34.5 Å². The van der Waals surface area contributed by atoms with Gasteiger partial charge in [-0.25, -0.2) is 10.0 Å². The molecule has 0 heterocycles. The minimum Gasteiger partial charge on any atom is -0.548 e. The van der Waals surface area contributed by atoms with Crippen molar-refractivity contribution in [2.75, 3.05) is 23.1 Å². The number of aliphatic carboxylic acids is 2. The molecule has 10 nitrogen and oxygen atoms in total. The van der Waals surface area contributed by atoms with Crippen LogP contribution in [-0.2, 0) is 9.59 Å². The molecular formula is C10H9N4NaO6. The molecule has 0 saturated heterocycles. The second-order valence-corrected chi connectivity index (χ2v) is 3.56. The Bertz CT molecular complexity index is 476. The largest absolute Gasteiger partial charge is 1.00 e. The molecule has 21 heavy (non-hydrogen) atoms. The van der Waals surface area contributed by atoms with Gasteiger partial charge in [0.15, 0.2) is 0 Å². The number of hydrogen-bond donors (Lipinski definition) is 1. The van der Waals surface area contributed by atoms with E-state index in [9.17, 15) is 24.5 Å². The number of carboxylic acid groups (broad SMARTS) is 2. The summed E-state index contributed by atoms with van der Waals surface area (Å²) in [6.07, 6.45) is 0. The second kappa shape index (κ2) is 9.00. The molecule has 0 aliphatic heterocycles. The van der Waals surface area contributed by atoms with Crippen molar-refractivity contribution < 1.29 is 49.4 Å². The first-order valence-corrected chi connectivity index (χ1v) is 5.21. The van der Waals surface area contributed by atoms with Crippen molar-refractivity contribution in [2.45, 2.75) is 0 Å². The van der Waals surface area contributed by atoms with Crippen LogP contribution in [0.15, 0.2) is 34.8 Å². The van der Waals surface area contributed by atoms with Crippen LogP contribution in [0.2, 0.25) is 0 Å². The molecule has 0 aliphatic rings. The van der Waals surface area contributed by atoms with E-state index in [1.165, 1.54) is 24.3 Å². The Hall–Kier alpha value is -2.04. The first-order valence-electron chi connectivity index (χ1n) is 5.21. The van der Waals surface area contributed by atoms with Crippen LogP contribution in [0.5, 0.6) is 0 Å². The van der Waals surface area contributed by atoms with Gasteiger partial charge in [-0.2, -0.15) is 0 Å². The van der Waals surface area contributed by atoms with Crippen LogP contribution in [-0.4, -0.2) is 30.1 Å². The summed E-state index contributed by atoms with van der Waals surface area (Å²) >= 11 is 0. The average molecular weight is 304 g/mol. The minimum atomic E-state index is -1.49. The fraction of sp³-hybridized carbons (Fsp3) is 0.200. The Balaban J connectivity index is 0.00000400. The maximum absolute atomic E-state index is 10.5. The van der Waals surface area contributed by atoms with Gasteiger partial charge in [0.1, 0.15) is 6.54 Å². The third-order valence-electron chi connectivity index (χ3n) is 2.21. The second-order valence-electron chi connectivity index (χ2n) is 3.56. The van der Waals surface area contributed by atoms with E-state index in [-0.39, 0.29) is 40.9 Å². The van der Waals surface area contributed by atoms with Crippen LogP contribution in [0.3, 0.4) is 0 Å². The molecule has 0 saturated carbocycles. The molecule has 0 aliphatic carbocycles. The van der Waals surface area contributed by atoms with Crippen molar-refractivity contribution in [3.05, 3.63) is 34.1 Å². The number of carboxylic acids is 2. The molecule has 0 fully saturated rings. The van der Waals surface area contributed by atoms with Crippen LogP contribution in [0.25, 0.3) is 0 Å². The van der Waals surface area contributed by atoms with Crippen molar-refractivity contribution in [1.29, 1.82) is 0 Å². The van der Waals surface area contributed by atoms with E-state index >= 15 is 0 Å². The normalized spacial score (nSPS) is 9.14. The zero-order chi connectivity index (χ0) is 15.1. The molecule has 0 aromatic heterocycles. The predicted molar refractivity (Wildman–Crippen MR) is 65.4 cm³/mol. The third kappa shape index (κ3) is 5.85. The molecule has 0 spiro atoms. The Morgan fingerprint density at radius 3 is 1.67 bits per heavy atom. The summed E-state index contributed by atoms with van der Waals surface area (Å²) in [6.45, 7) is -1.36. The summed E-state index contributed by atoms with van der Waals surface area (Å²) in [4.78, 5) is 41.9. The van der Waals surface area contributed by atoms with Gasteiger partial charge in [-0.15, -0.1) is 9.81 Å². The summed E-state index contributed by atoms with van der Waals surface area (Å²) in [5.74, 6) is -2.74. The smallest absolute Gasteiger partial charge is 0.548 e. The number of rotatable bonds is 8. The summed E-state index contributed by atoms with van der Waals surface area (Å²) in [6, 6.07) is 5.18. The van der Waals surface area contributed by atoms with Crippen molar-refractivity contribution in [3.63, 3.8) is 0 Å². The maximum Gasteiger partial charge on any atom is 1.00 e. The van der Waals surface area contributed by atoms with Crippen LogP contribution >= 0.6 is 0 Å². The molecule has 11 heteroatoms. The molecule has 1 N–H and O–H groups in total. The molecule has 0 bridgehead atoms. The monoisotopic (exact) mass is 304 g/mol. The number of carbonyl (C=O) groups excluding carboxylic acids is 1. The molecule has 1 aromatic carbocycles. The van der Waals surface area contributed by atoms with Gasteiger partial charge in [0.2, 0.25) is 0 Å². The average Bonchev–Trinajstić information content (AvgIpc) is 2.42. The third-order valence-corrected chi connectivity index (χ3v) is 2.21. The Morgan fingerprint density at radius 2 is 1.38 bits per heavy atom. The number of carbonyl (C=O) groups is 2. The summed E-state index contributed by atoms with van der Waals surface area (Å²) in [5, 5.41) is 25.4. The van der Waals surface area contributed by atoms with E-state index in [2.05, 4.69) is 10.6 Å². The number of anilines is 2. The molecule has 1 rings (SSSR count). The Morgan fingerprint density at radius 1 is 1.00 bits per heavy atom.